The van der Waals surface area contributed by atoms with Gasteiger partial charge in [-0.2, -0.15) is 0 Å². The highest BCUT2D eigenvalue weighted by Gasteiger charge is 2.14. The number of rotatable bonds is 1. The third-order valence-electron chi connectivity index (χ3n) is 1.94. The van der Waals surface area contributed by atoms with Gasteiger partial charge < -0.3 is 4.90 Å². The van der Waals surface area contributed by atoms with Gasteiger partial charge in [0.25, 0.3) is 0 Å². The summed E-state index contributed by atoms with van der Waals surface area (Å²) < 4.78 is 0. The molecule has 1 aliphatic heterocycles. The molecule has 1 fully saturated rings. The fourth-order valence-electron chi connectivity index (χ4n) is 1.40. The van der Waals surface area contributed by atoms with Gasteiger partial charge in [-0.15, -0.1) is 11.6 Å². The lowest BCUT2D eigenvalue weighted by atomic mass is 10.0. The largest absolute Gasteiger partial charge is 0.306 e. The fraction of sp³-hybridized carbons (Fsp3) is 1.00. The monoisotopic (exact) mass is 147 g/mol. The number of hydrogen-bond acceptors (Lipinski definition) is 1. The minimum absolute atomic E-state index is 0.755. The van der Waals surface area contributed by atoms with Crippen molar-refractivity contribution >= 4 is 11.6 Å². The van der Waals surface area contributed by atoms with E-state index in [1.165, 1.54) is 25.9 Å². The number of hydrogen-bond donors (Lipinski definition) is 0. The van der Waals surface area contributed by atoms with Crippen LogP contribution in [0.4, 0.5) is 0 Å². The molecule has 1 atom stereocenters. The van der Waals surface area contributed by atoms with Gasteiger partial charge in [0.2, 0.25) is 0 Å². The molecule has 9 heavy (non-hydrogen) atoms. The highest BCUT2D eigenvalue weighted by molar-refractivity contribution is 6.18. The van der Waals surface area contributed by atoms with Gasteiger partial charge in [-0.3, -0.25) is 0 Å². The normalized spacial score (nSPS) is 30.7. The highest BCUT2D eigenvalue weighted by Crippen LogP contribution is 2.15. The minimum atomic E-state index is 0.755. The van der Waals surface area contributed by atoms with Crippen molar-refractivity contribution in [3.63, 3.8) is 0 Å². The molecule has 0 unspecified atom stereocenters. The Bertz CT molecular complexity index is 85.0. The highest BCUT2D eigenvalue weighted by atomic mass is 35.5. The van der Waals surface area contributed by atoms with Crippen molar-refractivity contribution in [2.24, 2.45) is 5.92 Å². The average molecular weight is 148 g/mol. The van der Waals surface area contributed by atoms with E-state index in [1.807, 2.05) is 0 Å². The first-order valence-electron chi connectivity index (χ1n) is 3.57. The Morgan fingerprint density at radius 2 is 2.44 bits per heavy atom. The van der Waals surface area contributed by atoms with E-state index < -0.39 is 0 Å². The smallest absolute Gasteiger partial charge is 0.0263 e. The van der Waals surface area contributed by atoms with Crippen LogP contribution in [0.25, 0.3) is 0 Å². The van der Waals surface area contributed by atoms with Crippen LogP contribution >= 0.6 is 11.6 Å². The molecule has 1 rings (SSSR count). The molecule has 0 spiro atoms. The fourth-order valence-corrected chi connectivity index (χ4v) is 1.65. The first-order chi connectivity index (χ1) is 4.33. The van der Waals surface area contributed by atoms with Gasteiger partial charge in [-0.1, -0.05) is 0 Å². The molecule has 0 aromatic carbocycles. The first-order valence-corrected chi connectivity index (χ1v) is 4.11. The molecule has 2 heteroatoms. The zero-order valence-electron chi connectivity index (χ0n) is 5.94. The summed E-state index contributed by atoms with van der Waals surface area (Å²) in [5.74, 6) is 1.59. The third-order valence-corrected chi connectivity index (χ3v) is 2.38. The van der Waals surface area contributed by atoms with Crippen LogP contribution in [0.3, 0.4) is 0 Å². The van der Waals surface area contributed by atoms with E-state index in [0.29, 0.717) is 0 Å². The maximum atomic E-state index is 5.72. The zero-order chi connectivity index (χ0) is 6.69. The average Bonchev–Trinajstić information content (AvgIpc) is 1.88. The van der Waals surface area contributed by atoms with Crippen molar-refractivity contribution in [2.45, 2.75) is 12.8 Å². The molecule has 0 saturated carbocycles. The van der Waals surface area contributed by atoms with E-state index in [4.69, 9.17) is 11.6 Å². The summed E-state index contributed by atoms with van der Waals surface area (Å²) in [5.41, 5.74) is 0. The second kappa shape index (κ2) is 3.43. The molecule has 0 aromatic heterocycles. The predicted molar refractivity (Wildman–Crippen MR) is 40.9 cm³/mol. The van der Waals surface area contributed by atoms with Crippen LogP contribution in [-0.2, 0) is 0 Å². The van der Waals surface area contributed by atoms with Crippen molar-refractivity contribution in [3.8, 4) is 0 Å². The molecule has 0 aromatic rings. The molecule has 1 heterocycles. The Kier molecular flexibility index (Phi) is 2.80. The summed E-state index contributed by atoms with van der Waals surface area (Å²) in [6.07, 6.45) is 2.65. The quantitative estimate of drug-likeness (QED) is 0.509. The van der Waals surface area contributed by atoms with E-state index >= 15 is 0 Å². The molecule has 0 aliphatic carbocycles. The molecular formula is C7H14ClN. The van der Waals surface area contributed by atoms with Crippen LogP contribution in [0.15, 0.2) is 0 Å². The van der Waals surface area contributed by atoms with Gasteiger partial charge in [0.05, 0.1) is 0 Å². The van der Waals surface area contributed by atoms with Gasteiger partial charge in [0.1, 0.15) is 0 Å². The molecule has 0 radical (unpaired) electrons. The topological polar surface area (TPSA) is 3.24 Å². The molecule has 1 saturated heterocycles. The number of likely N-dealkylation sites (tertiary alicyclic amines) is 1. The van der Waals surface area contributed by atoms with Gasteiger partial charge in [-0.05, 0) is 32.4 Å². The molecule has 54 valence electrons. The molecule has 0 N–H and O–H groups in total. The third kappa shape index (κ3) is 2.15. The maximum Gasteiger partial charge on any atom is 0.0263 e. The van der Waals surface area contributed by atoms with Crippen LogP contribution in [0.2, 0.25) is 0 Å². The lowest BCUT2D eigenvalue weighted by molar-refractivity contribution is 0.223. The lowest BCUT2D eigenvalue weighted by Gasteiger charge is -2.27. The number of nitrogens with zero attached hydrogens (tertiary/aromatic N) is 1. The van der Waals surface area contributed by atoms with Gasteiger partial charge in [0, 0.05) is 12.4 Å². The van der Waals surface area contributed by atoms with Gasteiger partial charge in [-0.25, -0.2) is 0 Å². The van der Waals surface area contributed by atoms with E-state index in [-0.39, 0.29) is 0 Å². The van der Waals surface area contributed by atoms with Crippen molar-refractivity contribution in [1.82, 2.24) is 4.90 Å². The summed E-state index contributed by atoms with van der Waals surface area (Å²) in [7, 11) is 2.17. The van der Waals surface area contributed by atoms with Crippen LogP contribution in [-0.4, -0.2) is 30.9 Å². The SMILES string of the molecule is CN1CCC[C@@H](CCl)C1. The Morgan fingerprint density at radius 3 is 2.89 bits per heavy atom. The summed E-state index contributed by atoms with van der Waals surface area (Å²) in [6, 6.07) is 0. The van der Waals surface area contributed by atoms with Crippen molar-refractivity contribution in [2.75, 3.05) is 26.0 Å². The van der Waals surface area contributed by atoms with Crippen LogP contribution in [0.5, 0.6) is 0 Å². The summed E-state index contributed by atoms with van der Waals surface area (Å²) in [6.45, 7) is 2.46. The zero-order valence-corrected chi connectivity index (χ0v) is 6.69. The van der Waals surface area contributed by atoms with Crippen molar-refractivity contribution in [3.05, 3.63) is 0 Å². The maximum absolute atomic E-state index is 5.72. The Labute approximate surface area is 62.0 Å². The van der Waals surface area contributed by atoms with Gasteiger partial charge >= 0.3 is 0 Å². The molecular weight excluding hydrogens is 134 g/mol. The lowest BCUT2D eigenvalue weighted by Crippen LogP contribution is -2.32. The predicted octanol–water partition coefficient (Wildman–Crippen LogP) is 1.57. The van der Waals surface area contributed by atoms with E-state index in [9.17, 15) is 0 Å². The summed E-state index contributed by atoms with van der Waals surface area (Å²) in [5, 5.41) is 0. The molecule has 1 aliphatic rings. The number of halogens is 1. The molecule has 1 nitrogen and oxygen atoms in total. The Balaban J connectivity index is 2.23. The van der Waals surface area contributed by atoms with E-state index in [2.05, 4.69) is 11.9 Å². The van der Waals surface area contributed by atoms with E-state index in [1.54, 1.807) is 0 Å². The van der Waals surface area contributed by atoms with Crippen molar-refractivity contribution < 1.29 is 0 Å². The molecule has 0 amide bonds. The van der Waals surface area contributed by atoms with E-state index in [0.717, 1.165) is 11.8 Å². The van der Waals surface area contributed by atoms with Crippen molar-refractivity contribution in [1.29, 1.82) is 0 Å². The number of piperidine rings is 1. The van der Waals surface area contributed by atoms with Crippen LogP contribution in [0.1, 0.15) is 12.8 Å². The first kappa shape index (κ1) is 7.36. The Hall–Kier alpha value is 0.250. The Morgan fingerprint density at radius 1 is 1.67 bits per heavy atom. The molecule has 0 bridgehead atoms. The minimum Gasteiger partial charge on any atom is -0.306 e. The summed E-state index contributed by atoms with van der Waals surface area (Å²) >= 11 is 5.72. The number of alkyl halides is 1. The standard InChI is InChI=1S/C7H14ClN/c1-9-4-2-3-7(5-8)6-9/h7H,2-6H2,1H3/t7-/m0/s1. The van der Waals surface area contributed by atoms with Crippen LogP contribution in [0, 0.1) is 5.92 Å². The second-order valence-corrected chi connectivity index (χ2v) is 3.23. The van der Waals surface area contributed by atoms with Crippen LogP contribution < -0.4 is 0 Å². The summed E-state index contributed by atoms with van der Waals surface area (Å²) in [4.78, 5) is 2.36. The second-order valence-electron chi connectivity index (χ2n) is 2.92. The van der Waals surface area contributed by atoms with Gasteiger partial charge in [0.15, 0.2) is 0 Å².